The predicted molar refractivity (Wildman–Crippen MR) is 109 cm³/mol. The Morgan fingerprint density at radius 1 is 1.14 bits per heavy atom. The number of aromatic nitrogens is 6. The fourth-order valence-electron chi connectivity index (χ4n) is 2.54. The zero-order chi connectivity index (χ0) is 20.2. The highest BCUT2D eigenvalue weighted by atomic mass is 32.2. The summed E-state index contributed by atoms with van der Waals surface area (Å²) < 4.78 is 14.7. The van der Waals surface area contributed by atoms with Crippen molar-refractivity contribution >= 4 is 39.8 Å². The molecule has 1 aromatic carbocycles. The van der Waals surface area contributed by atoms with E-state index in [2.05, 4.69) is 37.7 Å². The Hall–Kier alpha value is -2.92. The second kappa shape index (κ2) is 8.62. The monoisotopic (exact) mass is 429 g/mol. The van der Waals surface area contributed by atoms with Gasteiger partial charge < -0.3 is 0 Å². The summed E-state index contributed by atoms with van der Waals surface area (Å²) in [4.78, 5) is 12.2. The molecule has 0 bridgehead atoms. The van der Waals surface area contributed by atoms with Crippen LogP contribution >= 0.6 is 23.1 Å². The number of fused-ring (bicyclic) bond motifs is 1. The van der Waals surface area contributed by atoms with Crippen LogP contribution < -0.4 is 5.32 Å². The van der Waals surface area contributed by atoms with Crippen LogP contribution in [0.1, 0.15) is 18.4 Å². The second-order valence-electron chi connectivity index (χ2n) is 6.06. The first-order valence-corrected chi connectivity index (χ1v) is 10.7. The van der Waals surface area contributed by atoms with Crippen LogP contribution in [-0.2, 0) is 11.2 Å². The Bertz CT molecular complexity index is 1140. The number of amides is 1. The number of nitrogens with zero attached hydrogens (tertiary/aromatic N) is 6. The number of hydrogen-bond donors (Lipinski definition) is 1. The fourth-order valence-corrected chi connectivity index (χ4v) is 4.05. The molecule has 0 unspecified atom stereocenters. The maximum absolute atomic E-state index is 13.2. The molecule has 0 aliphatic heterocycles. The van der Waals surface area contributed by atoms with Crippen LogP contribution in [0.4, 0.5) is 9.52 Å². The smallest absolute Gasteiger partial charge is 0.236 e. The van der Waals surface area contributed by atoms with Gasteiger partial charge in [-0.1, -0.05) is 30.0 Å². The molecule has 1 N–H and O–H groups in total. The molecule has 0 saturated heterocycles. The zero-order valence-corrected chi connectivity index (χ0v) is 17.0. The van der Waals surface area contributed by atoms with Gasteiger partial charge in [0.2, 0.25) is 11.0 Å². The third-order valence-corrected chi connectivity index (χ3v) is 5.69. The van der Waals surface area contributed by atoms with E-state index < -0.39 is 0 Å². The number of anilines is 1. The first kappa shape index (κ1) is 19.4. The maximum atomic E-state index is 13.2. The third kappa shape index (κ3) is 4.57. The molecule has 0 atom stereocenters. The van der Waals surface area contributed by atoms with Crippen molar-refractivity contribution < 1.29 is 9.18 Å². The van der Waals surface area contributed by atoms with Crippen molar-refractivity contribution in [3.05, 3.63) is 47.2 Å². The quantitative estimate of drug-likeness (QED) is 0.449. The van der Waals surface area contributed by atoms with Crippen LogP contribution in [0.3, 0.4) is 0 Å². The molecule has 3 aromatic heterocycles. The molecule has 1 amide bonds. The summed E-state index contributed by atoms with van der Waals surface area (Å²) in [6.45, 7) is 2.07. The molecular formula is C18H16FN7OS2. The average Bonchev–Trinajstić information content (AvgIpc) is 3.34. The molecule has 0 spiro atoms. The third-order valence-electron chi connectivity index (χ3n) is 3.87. The lowest BCUT2D eigenvalue weighted by Crippen LogP contribution is -2.14. The number of halogens is 1. The molecule has 4 rings (SSSR count). The molecular weight excluding hydrogens is 413 g/mol. The van der Waals surface area contributed by atoms with Crippen molar-refractivity contribution in [2.24, 2.45) is 0 Å². The summed E-state index contributed by atoms with van der Waals surface area (Å²) in [7, 11) is 0. The van der Waals surface area contributed by atoms with Gasteiger partial charge in [-0.05, 0) is 42.8 Å². The first-order chi connectivity index (χ1) is 14.1. The number of aryl methyl sites for hydroxylation is 1. The van der Waals surface area contributed by atoms with E-state index in [1.54, 1.807) is 28.8 Å². The zero-order valence-electron chi connectivity index (χ0n) is 15.4. The highest BCUT2D eigenvalue weighted by molar-refractivity contribution is 7.99. The van der Waals surface area contributed by atoms with Crippen molar-refractivity contribution in [2.75, 3.05) is 11.1 Å². The molecule has 29 heavy (non-hydrogen) atoms. The van der Waals surface area contributed by atoms with Crippen molar-refractivity contribution in [3.63, 3.8) is 0 Å². The van der Waals surface area contributed by atoms with E-state index in [0.717, 1.165) is 17.8 Å². The molecule has 0 aliphatic carbocycles. The normalized spacial score (nSPS) is 11.1. The Labute approximate surface area is 173 Å². The lowest BCUT2D eigenvalue weighted by molar-refractivity contribution is -0.113. The summed E-state index contributed by atoms with van der Waals surface area (Å²) in [6, 6.07) is 9.51. The van der Waals surface area contributed by atoms with Gasteiger partial charge in [-0.25, -0.2) is 4.39 Å². The summed E-state index contributed by atoms with van der Waals surface area (Å²) in [5.41, 5.74) is 1.26. The second-order valence-corrected chi connectivity index (χ2v) is 8.12. The van der Waals surface area contributed by atoms with Gasteiger partial charge in [0.15, 0.2) is 11.5 Å². The van der Waals surface area contributed by atoms with Gasteiger partial charge in [-0.15, -0.1) is 20.4 Å². The Kier molecular flexibility index (Phi) is 5.76. The van der Waals surface area contributed by atoms with E-state index >= 15 is 0 Å². The van der Waals surface area contributed by atoms with Gasteiger partial charge in [0.25, 0.3) is 0 Å². The highest BCUT2D eigenvalue weighted by Crippen LogP contribution is 2.22. The first-order valence-electron chi connectivity index (χ1n) is 8.86. The van der Waals surface area contributed by atoms with Gasteiger partial charge >= 0.3 is 0 Å². The van der Waals surface area contributed by atoms with E-state index in [4.69, 9.17) is 0 Å². The van der Waals surface area contributed by atoms with Gasteiger partial charge in [-0.3, -0.25) is 10.1 Å². The van der Waals surface area contributed by atoms with Crippen LogP contribution in [-0.4, -0.2) is 41.7 Å². The number of carbonyl (C=O) groups excluding carboxylic acids is 1. The van der Waals surface area contributed by atoms with Crippen molar-refractivity contribution in [1.82, 2.24) is 30.0 Å². The van der Waals surface area contributed by atoms with E-state index in [1.807, 2.05) is 0 Å². The largest absolute Gasteiger partial charge is 0.300 e. The summed E-state index contributed by atoms with van der Waals surface area (Å²) in [5.74, 6) is 0.174. The van der Waals surface area contributed by atoms with E-state index in [0.29, 0.717) is 27.2 Å². The summed E-state index contributed by atoms with van der Waals surface area (Å²) in [6.07, 6.45) is 1.83. The lowest BCUT2D eigenvalue weighted by atomic mass is 10.2. The standard InChI is InChI=1S/C18H16FN7OS2/c1-2-3-15-22-24-18(29-15)20-14(27)10-28-16-9-8-13-21-23-17(26(13)25-16)11-4-6-12(19)7-5-11/h4-9H,2-3,10H2,1H3,(H,20,24,27). The predicted octanol–water partition coefficient (Wildman–Crippen LogP) is 3.47. The summed E-state index contributed by atoms with van der Waals surface area (Å²) >= 11 is 2.67. The van der Waals surface area contributed by atoms with E-state index in [1.165, 1.54) is 35.2 Å². The minimum atomic E-state index is -0.324. The molecule has 11 heteroatoms. The van der Waals surface area contributed by atoms with Crippen LogP contribution in [0.5, 0.6) is 0 Å². The van der Waals surface area contributed by atoms with E-state index in [9.17, 15) is 9.18 Å². The number of thioether (sulfide) groups is 1. The number of benzene rings is 1. The Morgan fingerprint density at radius 2 is 1.97 bits per heavy atom. The maximum Gasteiger partial charge on any atom is 0.236 e. The molecule has 148 valence electrons. The van der Waals surface area contributed by atoms with Crippen LogP contribution in [0.25, 0.3) is 17.0 Å². The molecule has 0 aliphatic rings. The van der Waals surface area contributed by atoms with Crippen molar-refractivity contribution in [1.29, 1.82) is 0 Å². The number of hydrogen-bond acceptors (Lipinski definition) is 8. The van der Waals surface area contributed by atoms with Crippen molar-refractivity contribution in [2.45, 2.75) is 24.8 Å². The van der Waals surface area contributed by atoms with Gasteiger partial charge in [0.1, 0.15) is 15.9 Å². The van der Waals surface area contributed by atoms with Crippen molar-refractivity contribution in [3.8, 4) is 11.4 Å². The van der Waals surface area contributed by atoms with Crippen LogP contribution in [0.15, 0.2) is 41.4 Å². The average molecular weight is 430 g/mol. The minimum Gasteiger partial charge on any atom is -0.300 e. The minimum absolute atomic E-state index is 0.176. The topological polar surface area (TPSA) is 98.0 Å². The molecule has 3 heterocycles. The van der Waals surface area contributed by atoms with Gasteiger partial charge in [0, 0.05) is 12.0 Å². The fraction of sp³-hybridized carbons (Fsp3) is 0.222. The van der Waals surface area contributed by atoms with Crippen LogP contribution in [0, 0.1) is 5.82 Å². The highest BCUT2D eigenvalue weighted by Gasteiger charge is 2.12. The molecule has 8 nitrogen and oxygen atoms in total. The van der Waals surface area contributed by atoms with Crippen LogP contribution in [0.2, 0.25) is 0 Å². The molecule has 4 aromatic rings. The molecule has 0 fully saturated rings. The number of rotatable bonds is 7. The Balaban J connectivity index is 1.44. The lowest BCUT2D eigenvalue weighted by Gasteiger charge is -2.03. The van der Waals surface area contributed by atoms with Gasteiger partial charge in [0.05, 0.1) is 5.75 Å². The molecule has 0 radical (unpaired) electrons. The van der Waals surface area contributed by atoms with Gasteiger partial charge in [-0.2, -0.15) is 9.61 Å². The Morgan fingerprint density at radius 3 is 2.76 bits per heavy atom. The summed E-state index contributed by atoms with van der Waals surface area (Å²) in [5, 5.41) is 25.5. The molecule has 0 saturated carbocycles. The van der Waals surface area contributed by atoms with E-state index in [-0.39, 0.29) is 17.5 Å². The SMILES string of the molecule is CCCc1nnc(NC(=O)CSc2ccc3nnc(-c4ccc(F)cc4)n3n2)s1. The number of nitrogens with one attached hydrogen (secondary N) is 1. The number of carbonyl (C=O) groups is 1.